The van der Waals surface area contributed by atoms with E-state index in [-0.39, 0.29) is 5.56 Å². The molecule has 4 heterocycles. The van der Waals surface area contributed by atoms with Crippen molar-refractivity contribution in [2.75, 3.05) is 56.7 Å². The van der Waals surface area contributed by atoms with Crippen LogP contribution in [0, 0.1) is 0 Å². The van der Waals surface area contributed by atoms with Crippen molar-refractivity contribution in [3.8, 4) is 5.75 Å². The summed E-state index contributed by atoms with van der Waals surface area (Å²) in [4.78, 5) is 20.0. The summed E-state index contributed by atoms with van der Waals surface area (Å²) in [6.07, 6.45) is 3.58. The predicted octanol–water partition coefficient (Wildman–Crippen LogP) is -0.0178. The van der Waals surface area contributed by atoms with Gasteiger partial charge in [0.25, 0.3) is 0 Å². The summed E-state index contributed by atoms with van der Waals surface area (Å²) in [5.74, 6) is 1.62. The number of methoxy groups -OCH3 is 1. The van der Waals surface area contributed by atoms with Crippen molar-refractivity contribution in [2.24, 2.45) is 0 Å². The van der Waals surface area contributed by atoms with Gasteiger partial charge in [-0.05, 0) is 0 Å². The third-order valence-corrected chi connectivity index (χ3v) is 8.48. The van der Waals surface area contributed by atoms with Gasteiger partial charge in [-0.3, -0.25) is 0 Å². The van der Waals surface area contributed by atoms with Gasteiger partial charge < -0.3 is 0 Å². The van der Waals surface area contributed by atoms with Gasteiger partial charge in [0.2, 0.25) is 0 Å². The zero-order valence-electron chi connectivity index (χ0n) is 18.6. The normalized spacial score (nSPS) is 17.7. The topological polar surface area (TPSA) is 104 Å². The fourth-order valence-corrected chi connectivity index (χ4v) is 6.70. The molecule has 5 rings (SSSR count). The Morgan fingerprint density at radius 2 is 2.03 bits per heavy atom. The summed E-state index contributed by atoms with van der Waals surface area (Å²) in [5.41, 5.74) is 0.951. The standard InChI is InChI=1S/C23H28AsN6O3/c1-32-19-13-17(30-8-6-25-7-9-30)2-3-18(19)24-22-21-15(14-26-29-23(21)31)12-20(28-22)27-16-4-10-33-11-5-16/h2-3,12-14,16,25H,4-11H2,1H3,(H,27,28)(H,29,31). The van der Waals surface area contributed by atoms with E-state index in [1.165, 1.54) is 0 Å². The summed E-state index contributed by atoms with van der Waals surface area (Å²) < 4.78 is 13.1. The maximum atomic E-state index is 12.7. The Bertz CT molecular complexity index is 1170. The van der Waals surface area contributed by atoms with Crippen molar-refractivity contribution in [3.05, 3.63) is 40.8 Å². The van der Waals surface area contributed by atoms with Crippen LogP contribution in [-0.2, 0) is 4.74 Å². The first-order valence-corrected chi connectivity index (χ1v) is 13.2. The molecule has 0 spiro atoms. The van der Waals surface area contributed by atoms with Gasteiger partial charge in [0.15, 0.2) is 0 Å². The number of anilines is 2. The van der Waals surface area contributed by atoms with Gasteiger partial charge in [-0.25, -0.2) is 0 Å². The summed E-state index contributed by atoms with van der Waals surface area (Å²) >= 11 is -0.585. The molecule has 2 aliphatic heterocycles. The molecule has 0 unspecified atom stereocenters. The Morgan fingerprint density at radius 3 is 2.82 bits per heavy atom. The number of benzene rings is 1. The fourth-order valence-electron chi connectivity index (χ4n) is 4.30. The minimum atomic E-state index is -0.585. The van der Waals surface area contributed by atoms with Gasteiger partial charge in [0, 0.05) is 0 Å². The molecule has 1 radical (unpaired) electrons. The third kappa shape index (κ3) is 5.00. The number of fused-ring (bicyclic) bond motifs is 1. The van der Waals surface area contributed by atoms with Crippen LogP contribution in [0.3, 0.4) is 0 Å². The molecule has 0 saturated carbocycles. The van der Waals surface area contributed by atoms with E-state index in [0.717, 1.165) is 83.7 Å². The van der Waals surface area contributed by atoms with Crippen LogP contribution >= 0.6 is 0 Å². The number of rotatable bonds is 6. The predicted molar refractivity (Wildman–Crippen MR) is 131 cm³/mol. The van der Waals surface area contributed by atoms with Crippen LogP contribution in [0.1, 0.15) is 12.8 Å². The summed E-state index contributed by atoms with van der Waals surface area (Å²) in [6.45, 7) is 5.42. The second-order valence-corrected chi connectivity index (χ2v) is 10.6. The summed E-state index contributed by atoms with van der Waals surface area (Å²) in [7, 11) is 1.70. The Kier molecular flexibility index (Phi) is 6.80. The molecule has 0 amide bonds. The van der Waals surface area contributed by atoms with E-state index in [4.69, 9.17) is 14.5 Å². The van der Waals surface area contributed by atoms with Crippen molar-refractivity contribution in [1.82, 2.24) is 20.5 Å². The molecular formula is C23H28AsN6O3. The monoisotopic (exact) mass is 511 g/mol. The quantitative estimate of drug-likeness (QED) is 0.397. The summed E-state index contributed by atoms with van der Waals surface area (Å²) in [5, 5.41) is 14.9. The van der Waals surface area contributed by atoms with E-state index in [9.17, 15) is 4.79 Å². The second-order valence-electron chi connectivity index (χ2n) is 8.23. The number of ether oxygens (including phenoxy) is 2. The Morgan fingerprint density at radius 1 is 1.21 bits per heavy atom. The molecule has 10 heteroatoms. The van der Waals surface area contributed by atoms with Crippen LogP contribution in [0.15, 0.2) is 35.3 Å². The molecule has 2 aliphatic rings. The van der Waals surface area contributed by atoms with Crippen LogP contribution in [0.4, 0.5) is 11.5 Å². The molecule has 1 aromatic carbocycles. The van der Waals surface area contributed by atoms with Crippen molar-refractivity contribution < 1.29 is 9.47 Å². The number of piperazine rings is 1. The number of H-pyrrole nitrogens is 1. The number of hydrogen-bond donors (Lipinski definition) is 3. The summed E-state index contributed by atoms with van der Waals surface area (Å²) in [6, 6.07) is 8.61. The SMILES string of the molecule is COc1cc(N2CCNCC2)ccc1[As]c1nc(NC2CCOCC2)cc2cn[nH]c(=O)c12. The van der Waals surface area contributed by atoms with Gasteiger partial charge in [-0.15, -0.1) is 0 Å². The van der Waals surface area contributed by atoms with Crippen LogP contribution in [0.2, 0.25) is 0 Å². The molecule has 0 aliphatic carbocycles. The van der Waals surface area contributed by atoms with Gasteiger partial charge in [0.05, 0.1) is 0 Å². The van der Waals surface area contributed by atoms with Crippen LogP contribution < -0.4 is 34.7 Å². The number of nitrogens with zero attached hydrogens (tertiary/aromatic N) is 3. The van der Waals surface area contributed by atoms with Gasteiger partial charge in [0.1, 0.15) is 0 Å². The number of hydrogen-bond acceptors (Lipinski definition) is 8. The Labute approximate surface area is 198 Å². The van der Waals surface area contributed by atoms with Gasteiger partial charge >= 0.3 is 199 Å². The van der Waals surface area contributed by atoms with Crippen molar-refractivity contribution >= 4 is 46.9 Å². The first-order chi connectivity index (χ1) is 16.2. The van der Waals surface area contributed by atoms with E-state index in [1.54, 1.807) is 13.3 Å². The van der Waals surface area contributed by atoms with E-state index in [1.807, 2.05) is 6.07 Å². The molecule has 33 heavy (non-hydrogen) atoms. The second kappa shape index (κ2) is 10.1. The van der Waals surface area contributed by atoms with Crippen LogP contribution in [-0.4, -0.2) is 83.5 Å². The number of aromatic amines is 1. The Balaban J connectivity index is 1.48. The van der Waals surface area contributed by atoms with Crippen LogP contribution in [0.25, 0.3) is 10.8 Å². The number of aromatic nitrogens is 3. The van der Waals surface area contributed by atoms with Crippen molar-refractivity contribution in [2.45, 2.75) is 18.9 Å². The third-order valence-electron chi connectivity index (χ3n) is 6.07. The van der Waals surface area contributed by atoms with E-state index < -0.39 is 15.8 Å². The number of nitrogens with one attached hydrogen (secondary N) is 3. The van der Waals surface area contributed by atoms with Crippen LogP contribution in [0.5, 0.6) is 5.75 Å². The molecular weight excluding hydrogens is 483 g/mol. The molecule has 2 aromatic heterocycles. The zero-order chi connectivity index (χ0) is 22.6. The first kappa shape index (κ1) is 22.2. The molecule has 2 fully saturated rings. The van der Waals surface area contributed by atoms with Crippen molar-refractivity contribution in [3.63, 3.8) is 0 Å². The zero-order valence-corrected chi connectivity index (χ0v) is 20.5. The maximum absolute atomic E-state index is 12.7. The molecule has 0 bridgehead atoms. The molecule has 0 atom stereocenters. The minimum absolute atomic E-state index is 0.209. The average molecular weight is 511 g/mol. The van der Waals surface area contributed by atoms with Gasteiger partial charge in [-0.1, -0.05) is 0 Å². The Hall–Kier alpha value is -2.61. The molecule has 2 saturated heterocycles. The molecule has 3 N–H and O–H groups in total. The first-order valence-electron chi connectivity index (χ1n) is 11.3. The van der Waals surface area contributed by atoms with E-state index in [2.05, 4.69) is 43.9 Å². The molecule has 3 aromatic rings. The fraction of sp³-hybridized carbons (Fsp3) is 0.435. The number of pyridine rings is 1. The average Bonchev–Trinajstić information content (AvgIpc) is 2.85. The molecule has 173 valence electrons. The van der Waals surface area contributed by atoms with Gasteiger partial charge in [-0.2, -0.15) is 0 Å². The van der Waals surface area contributed by atoms with E-state index >= 15 is 0 Å². The van der Waals surface area contributed by atoms with Crippen molar-refractivity contribution in [1.29, 1.82) is 0 Å². The van der Waals surface area contributed by atoms with E-state index in [0.29, 0.717) is 11.4 Å². The molecule has 9 nitrogen and oxygen atoms in total.